The first-order valence-electron chi connectivity index (χ1n) is 9.47. The summed E-state index contributed by atoms with van der Waals surface area (Å²) in [6.07, 6.45) is 8.95. The predicted molar refractivity (Wildman–Crippen MR) is 99.2 cm³/mol. The second-order valence-corrected chi connectivity index (χ2v) is 7.21. The van der Waals surface area contributed by atoms with E-state index >= 15 is 0 Å². The van der Waals surface area contributed by atoms with Crippen molar-refractivity contribution >= 4 is 23.4 Å². The van der Waals surface area contributed by atoms with Crippen molar-refractivity contribution in [2.75, 3.05) is 19.0 Å². The number of amides is 3. The first kappa shape index (κ1) is 19.1. The number of nitrogens with two attached hydrogens (primary N) is 1. The standard InChI is InChI=1S/C19H26N4O4/c1-27-18-14(16(20)24)10-13(11-21-18)22-17(25)19(26)23-9-5-4-8-15(23)12-6-2-3-7-12/h10-12,15H,2-9H2,1H3,(H2,20,24)(H,22,25)/t15-/m1/s1. The van der Waals surface area contributed by atoms with Crippen LogP contribution in [0.2, 0.25) is 0 Å². The zero-order valence-corrected chi connectivity index (χ0v) is 15.6. The Kier molecular flexibility index (Phi) is 5.93. The van der Waals surface area contributed by atoms with Gasteiger partial charge < -0.3 is 20.7 Å². The number of rotatable bonds is 4. The Labute approximate surface area is 158 Å². The predicted octanol–water partition coefficient (Wildman–Crippen LogP) is 1.70. The van der Waals surface area contributed by atoms with E-state index in [9.17, 15) is 14.4 Å². The third-order valence-corrected chi connectivity index (χ3v) is 5.52. The summed E-state index contributed by atoms with van der Waals surface area (Å²) < 4.78 is 4.98. The summed E-state index contributed by atoms with van der Waals surface area (Å²) in [5.74, 6) is -1.40. The number of carbonyl (C=O) groups is 3. The molecule has 146 valence electrons. The van der Waals surface area contributed by atoms with E-state index in [2.05, 4.69) is 10.3 Å². The lowest BCUT2D eigenvalue weighted by Gasteiger charge is -2.38. The molecule has 2 fully saturated rings. The van der Waals surface area contributed by atoms with Gasteiger partial charge in [0.25, 0.3) is 5.91 Å². The second-order valence-electron chi connectivity index (χ2n) is 7.21. The van der Waals surface area contributed by atoms with Crippen molar-refractivity contribution in [1.82, 2.24) is 9.88 Å². The molecule has 1 aromatic heterocycles. The van der Waals surface area contributed by atoms with Gasteiger partial charge in [-0.05, 0) is 44.1 Å². The third kappa shape index (κ3) is 4.20. The number of hydrogen-bond donors (Lipinski definition) is 2. The molecular weight excluding hydrogens is 348 g/mol. The van der Waals surface area contributed by atoms with Gasteiger partial charge in [-0.2, -0.15) is 0 Å². The number of methoxy groups -OCH3 is 1. The molecule has 8 nitrogen and oxygen atoms in total. The molecule has 3 N–H and O–H groups in total. The van der Waals surface area contributed by atoms with Crippen molar-refractivity contribution in [2.24, 2.45) is 11.7 Å². The monoisotopic (exact) mass is 374 g/mol. The van der Waals surface area contributed by atoms with Crippen LogP contribution >= 0.6 is 0 Å². The van der Waals surface area contributed by atoms with E-state index in [1.54, 1.807) is 4.90 Å². The van der Waals surface area contributed by atoms with Crippen molar-refractivity contribution in [2.45, 2.75) is 51.0 Å². The maximum Gasteiger partial charge on any atom is 0.313 e. The zero-order chi connectivity index (χ0) is 19.4. The molecule has 1 atom stereocenters. The van der Waals surface area contributed by atoms with Crippen LogP contribution in [-0.4, -0.2) is 47.3 Å². The Balaban J connectivity index is 1.72. The maximum atomic E-state index is 12.8. The molecule has 3 amide bonds. The largest absolute Gasteiger partial charge is 0.480 e. The third-order valence-electron chi connectivity index (χ3n) is 5.52. The number of ether oxygens (including phenoxy) is 1. The van der Waals surface area contributed by atoms with Gasteiger partial charge in [0.2, 0.25) is 5.88 Å². The summed E-state index contributed by atoms with van der Waals surface area (Å²) in [4.78, 5) is 42.5. The van der Waals surface area contributed by atoms with Crippen LogP contribution in [-0.2, 0) is 9.59 Å². The molecule has 0 aromatic carbocycles. The lowest BCUT2D eigenvalue weighted by Crippen LogP contribution is -2.50. The van der Waals surface area contributed by atoms with E-state index in [1.165, 1.54) is 32.2 Å². The van der Waals surface area contributed by atoms with Crippen LogP contribution in [0.25, 0.3) is 0 Å². The van der Waals surface area contributed by atoms with Gasteiger partial charge in [-0.3, -0.25) is 14.4 Å². The quantitative estimate of drug-likeness (QED) is 0.779. The number of piperidine rings is 1. The fourth-order valence-corrected chi connectivity index (χ4v) is 4.22. The minimum Gasteiger partial charge on any atom is -0.480 e. The van der Waals surface area contributed by atoms with Gasteiger partial charge >= 0.3 is 11.8 Å². The number of likely N-dealkylation sites (tertiary alicyclic amines) is 1. The highest BCUT2D eigenvalue weighted by Crippen LogP contribution is 2.35. The molecule has 27 heavy (non-hydrogen) atoms. The summed E-state index contributed by atoms with van der Waals surface area (Å²) in [5, 5.41) is 2.54. The number of hydrogen-bond acceptors (Lipinski definition) is 5. The van der Waals surface area contributed by atoms with E-state index < -0.39 is 17.7 Å². The topological polar surface area (TPSA) is 115 Å². The molecule has 0 radical (unpaired) electrons. The molecule has 1 aromatic rings. The smallest absolute Gasteiger partial charge is 0.313 e. The van der Waals surface area contributed by atoms with Crippen molar-refractivity contribution in [3.05, 3.63) is 17.8 Å². The van der Waals surface area contributed by atoms with E-state index in [-0.39, 0.29) is 23.2 Å². The van der Waals surface area contributed by atoms with Gasteiger partial charge in [-0.1, -0.05) is 12.8 Å². The van der Waals surface area contributed by atoms with Gasteiger partial charge in [0.15, 0.2) is 0 Å². The molecule has 3 rings (SSSR count). The zero-order valence-electron chi connectivity index (χ0n) is 15.6. The number of primary amides is 1. The van der Waals surface area contributed by atoms with Gasteiger partial charge in [0, 0.05) is 12.6 Å². The Bertz CT molecular complexity index is 730. The molecule has 8 heteroatoms. The SMILES string of the molecule is COc1ncc(NC(=O)C(=O)N2CCCC[C@@H]2C2CCCC2)cc1C(N)=O. The molecule has 0 spiro atoms. The first-order valence-corrected chi connectivity index (χ1v) is 9.47. The van der Waals surface area contributed by atoms with Crippen LogP contribution < -0.4 is 15.8 Å². The number of carbonyl (C=O) groups excluding carboxylic acids is 3. The molecule has 2 aliphatic rings. The molecular formula is C19H26N4O4. The molecule has 1 aliphatic carbocycles. The highest BCUT2D eigenvalue weighted by atomic mass is 16.5. The number of anilines is 1. The minimum absolute atomic E-state index is 0.0459. The molecule has 1 saturated heterocycles. The number of aromatic nitrogens is 1. The Morgan fingerprint density at radius 3 is 2.56 bits per heavy atom. The fraction of sp³-hybridized carbons (Fsp3) is 0.579. The Morgan fingerprint density at radius 2 is 1.89 bits per heavy atom. The second kappa shape index (κ2) is 8.37. The van der Waals surface area contributed by atoms with Gasteiger partial charge in [-0.15, -0.1) is 0 Å². The Hall–Kier alpha value is -2.64. The van der Waals surface area contributed by atoms with Crippen molar-refractivity contribution in [1.29, 1.82) is 0 Å². The van der Waals surface area contributed by atoms with Crippen molar-refractivity contribution in [3.63, 3.8) is 0 Å². The van der Waals surface area contributed by atoms with Crippen LogP contribution in [0.4, 0.5) is 5.69 Å². The maximum absolute atomic E-state index is 12.8. The normalized spacial score (nSPS) is 20.3. The van der Waals surface area contributed by atoms with E-state index in [1.807, 2.05) is 0 Å². The lowest BCUT2D eigenvalue weighted by atomic mass is 9.89. The van der Waals surface area contributed by atoms with E-state index in [4.69, 9.17) is 10.5 Å². The molecule has 1 saturated carbocycles. The summed E-state index contributed by atoms with van der Waals surface area (Å²) in [6.45, 7) is 0.612. The molecule has 1 aliphatic heterocycles. The van der Waals surface area contributed by atoms with Crippen LogP contribution in [0.1, 0.15) is 55.3 Å². The van der Waals surface area contributed by atoms with Crippen LogP contribution in [0.3, 0.4) is 0 Å². The van der Waals surface area contributed by atoms with Crippen LogP contribution in [0, 0.1) is 5.92 Å². The molecule has 0 unspecified atom stereocenters. The first-order chi connectivity index (χ1) is 13.0. The highest BCUT2D eigenvalue weighted by Gasteiger charge is 2.36. The van der Waals surface area contributed by atoms with E-state index in [0.717, 1.165) is 32.1 Å². The van der Waals surface area contributed by atoms with Crippen LogP contribution in [0.5, 0.6) is 5.88 Å². The number of nitrogens with one attached hydrogen (secondary N) is 1. The number of nitrogens with zero attached hydrogens (tertiary/aromatic N) is 2. The minimum atomic E-state index is -0.723. The van der Waals surface area contributed by atoms with Crippen molar-refractivity contribution < 1.29 is 19.1 Å². The van der Waals surface area contributed by atoms with Gasteiger partial charge in [0.1, 0.15) is 5.56 Å². The summed E-state index contributed by atoms with van der Waals surface area (Å²) in [5.41, 5.74) is 5.59. The molecule has 2 heterocycles. The highest BCUT2D eigenvalue weighted by molar-refractivity contribution is 6.39. The van der Waals surface area contributed by atoms with Crippen molar-refractivity contribution in [3.8, 4) is 5.88 Å². The summed E-state index contributed by atoms with van der Waals surface area (Å²) in [7, 11) is 1.37. The lowest BCUT2D eigenvalue weighted by molar-refractivity contribution is -0.146. The van der Waals surface area contributed by atoms with E-state index in [0.29, 0.717) is 12.5 Å². The summed E-state index contributed by atoms with van der Waals surface area (Å²) >= 11 is 0. The summed E-state index contributed by atoms with van der Waals surface area (Å²) in [6, 6.07) is 1.51. The van der Waals surface area contributed by atoms with Crippen LogP contribution in [0.15, 0.2) is 12.3 Å². The number of pyridine rings is 1. The van der Waals surface area contributed by atoms with Gasteiger partial charge in [-0.25, -0.2) is 4.98 Å². The Morgan fingerprint density at radius 1 is 1.19 bits per heavy atom. The average molecular weight is 374 g/mol. The average Bonchev–Trinajstić information content (AvgIpc) is 3.22. The van der Waals surface area contributed by atoms with Gasteiger partial charge in [0.05, 0.1) is 19.0 Å². The fourth-order valence-electron chi connectivity index (χ4n) is 4.22. The molecule has 0 bridgehead atoms.